The molecule has 2 aliphatic heterocycles. The number of benzene rings is 1. The van der Waals surface area contributed by atoms with Crippen molar-refractivity contribution in [1.29, 1.82) is 0 Å². The molecule has 8 nitrogen and oxygen atoms in total. The molecule has 182 valence electrons. The first kappa shape index (κ1) is 27.3. The number of aliphatic hydroxyl groups is 1. The van der Waals surface area contributed by atoms with Crippen molar-refractivity contribution in [3.05, 3.63) is 35.4 Å². The second-order valence-corrected chi connectivity index (χ2v) is 8.59. The third-order valence-electron chi connectivity index (χ3n) is 5.67. The van der Waals surface area contributed by atoms with Crippen LogP contribution >= 0.6 is 24.0 Å². The highest BCUT2D eigenvalue weighted by atomic mass is 127. The van der Waals surface area contributed by atoms with E-state index >= 15 is 0 Å². The average molecular weight is 562 g/mol. The zero-order valence-corrected chi connectivity index (χ0v) is 21.8. The van der Waals surface area contributed by atoms with Crippen molar-refractivity contribution in [2.75, 3.05) is 72.2 Å². The monoisotopic (exact) mass is 561 g/mol. The minimum Gasteiger partial charge on any atom is -0.387 e. The highest BCUT2D eigenvalue weighted by molar-refractivity contribution is 14.0. The molecule has 3 N–H and O–H groups in total. The van der Waals surface area contributed by atoms with Crippen LogP contribution in [0.25, 0.3) is 0 Å². The molecule has 0 amide bonds. The molecule has 2 heterocycles. The van der Waals surface area contributed by atoms with Gasteiger partial charge in [0, 0.05) is 52.4 Å². The molecule has 0 bridgehead atoms. The molecule has 1 aromatic carbocycles. The zero-order valence-electron chi connectivity index (χ0n) is 19.5. The highest BCUT2D eigenvalue weighted by Crippen LogP contribution is 2.14. The molecule has 2 saturated heterocycles. The van der Waals surface area contributed by atoms with Gasteiger partial charge in [-0.2, -0.15) is 0 Å². The summed E-state index contributed by atoms with van der Waals surface area (Å²) in [4.78, 5) is 9.47. The lowest BCUT2D eigenvalue weighted by molar-refractivity contribution is -0.0201. The summed E-state index contributed by atoms with van der Waals surface area (Å²) >= 11 is 0. The molecule has 1 atom stereocenters. The normalized spacial score (nSPS) is 20.3. The minimum absolute atomic E-state index is 0. The first-order valence-corrected chi connectivity index (χ1v) is 11.5. The Morgan fingerprint density at radius 3 is 2.22 bits per heavy atom. The van der Waals surface area contributed by atoms with E-state index in [1.807, 2.05) is 6.92 Å². The topological polar surface area (TPSA) is 81.6 Å². The number of nitrogens with zero attached hydrogens (tertiary/aromatic N) is 3. The Labute approximate surface area is 209 Å². The van der Waals surface area contributed by atoms with Crippen LogP contribution in [0.3, 0.4) is 0 Å². The van der Waals surface area contributed by atoms with E-state index in [-0.39, 0.29) is 24.0 Å². The minimum atomic E-state index is -0.845. The molecule has 2 fully saturated rings. The van der Waals surface area contributed by atoms with Crippen LogP contribution in [-0.4, -0.2) is 98.7 Å². The average Bonchev–Trinajstić information content (AvgIpc) is 2.78. The maximum absolute atomic E-state index is 10.9. The van der Waals surface area contributed by atoms with Gasteiger partial charge in [0.05, 0.1) is 38.6 Å². The number of hydrogen-bond acceptors (Lipinski definition) is 6. The van der Waals surface area contributed by atoms with E-state index in [4.69, 9.17) is 14.5 Å². The highest BCUT2D eigenvalue weighted by Gasteiger charge is 2.25. The Kier molecular flexibility index (Phi) is 12.2. The molecule has 2 aliphatic rings. The number of β-amino-alcohol motifs (C(OH)–C–C–N with tert-alkyl or cyclic N) is 1. The first-order valence-electron chi connectivity index (χ1n) is 11.5. The van der Waals surface area contributed by atoms with E-state index in [2.05, 4.69) is 51.6 Å². The predicted molar refractivity (Wildman–Crippen MR) is 139 cm³/mol. The molecule has 0 saturated carbocycles. The fraction of sp³-hybridized carbons (Fsp3) is 0.696. The van der Waals surface area contributed by atoms with Crippen molar-refractivity contribution in [1.82, 2.24) is 20.4 Å². The van der Waals surface area contributed by atoms with Crippen molar-refractivity contribution in [2.24, 2.45) is 4.99 Å². The van der Waals surface area contributed by atoms with Crippen LogP contribution in [0.5, 0.6) is 0 Å². The first-order chi connectivity index (χ1) is 15.1. The second kappa shape index (κ2) is 14.3. The molecule has 0 radical (unpaired) electrons. The molecular formula is C23H40IN5O3. The fourth-order valence-electron chi connectivity index (χ4n) is 3.94. The summed E-state index contributed by atoms with van der Waals surface area (Å²) in [5.74, 6) is 0.728. The number of nitrogens with one attached hydrogen (secondary N) is 2. The van der Waals surface area contributed by atoms with Gasteiger partial charge in [-0.05, 0) is 25.0 Å². The van der Waals surface area contributed by atoms with Gasteiger partial charge in [-0.25, -0.2) is 4.99 Å². The molecule has 32 heavy (non-hydrogen) atoms. The van der Waals surface area contributed by atoms with Crippen molar-refractivity contribution in [3.8, 4) is 0 Å². The number of rotatable bonds is 9. The zero-order chi connectivity index (χ0) is 21.9. The van der Waals surface area contributed by atoms with E-state index in [9.17, 15) is 5.11 Å². The maximum Gasteiger partial charge on any atom is 0.191 e. The quantitative estimate of drug-likeness (QED) is 0.238. The summed E-state index contributed by atoms with van der Waals surface area (Å²) in [6.45, 7) is 14.0. The SMILES string of the molecule is CCNC(=NCc1ccccc1CN1CCOCC1)NCC(C)(O)CN1CCOCC1.I. The second-order valence-electron chi connectivity index (χ2n) is 8.59. The lowest BCUT2D eigenvalue weighted by Crippen LogP contribution is -2.52. The lowest BCUT2D eigenvalue weighted by atomic mass is 10.1. The standard InChI is InChI=1S/C23H39N5O3.HI/c1-3-24-22(26-18-23(2,29)19-28-10-14-31-15-11-28)25-16-20-6-4-5-7-21(20)17-27-8-12-30-13-9-27;/h4-7,29H,3,8-19H2,1-2H3,(H2,24,25,26);1H. The number of ether oxygens (including phenoxy) is 2. The van der Waals surface area contributed by atoms with Gasteiger partial charge in [0.25, 0.3) is 0 Å². The van der Waals surface area contributed by atoms with Gasteiger partial charge in [0.15, 0.2) is 5.96 Å². The summed E-state index contributed by atoms with van der Waals surface area (Å²) in [5, 5.41) is 17.5. The molecule has 0 aromatic heterocycles. The van der Waals surface area contributed by atoms with Crippen LogP contribution in [0.4, 0.5) is 0 Å². The summed E-state index contributed by atoms with van der Waals surface area (Å²) in [6.07, 6.45) is 0. The maximum atomic E-state index is 10.9. The van der Waals surface area contributed by atoms with Crippen LogP contribution in [0, 0.1) is 0 Å². The van der Waals surface area contributed by atoms with Crippen LogP contribution in [0.1, 0.15) is 25.0 Å². The Morgan fingerprint density at radius 1 is 1.00 bits per heavy atom. The summed E-state index contributed by atoms with van der Waals surface area (Å²) < 4.78 is 10.9. The number of aliphatic imine (C=N–C) groups is 1. The number of guanidine groups is 1. The van der Waals surface area contributed by atoms with Crippen molar-refractivity contribution < 1.29 is 14.6 Å². The Bertz CT molecular complexity index is 692. The largest absolute Gasteiger partial charge is 0.387 e. The summed E-state index contributed by atoms with van der Waals surface area (Å²) in [7, 11) is 0. The number of hydrogen-bond donors (Lipinski definition) is 3. The van der Waals surface area contributed by atoms with Crippen LogP contribution in [-0.2, 0) is 22.6 Å². The number of halogens is 1. The summed E-state index contributed by atoms with van der Waals surface area (Å²) in [6, 6.07) is 8.50. The van der Waals surface area contributed by atoms with Gasteiger partial charge in [0.1, 0.15) is 0 Å². The van der Waals surface area contributed by atoms with Gasteiger partial charge in [-0.3, -0.25) is 9.80 Å². The molecule has 0 spiro atoms. The molecule has 1 aromatic rings. The number of morpholine rings is 2. The van der Waals surface area contributed by atoms with Crippen molar-refractivity contribution in [3.63, 3.8) is 0 Å². The molecule has 9 heteroatoms. The van der Waals surface area contributed by atoms with E-state index < -0.39 is 5.60 Å². The lowest BCUT2D eigenvalue weighted by Gasteiger charge is -2.34. The third-order valence-corrected chi connectivity index (χ3v) is 5.67. The van der Waals surface area contributed by atoms with Gasteiger partial charge >= 0.3 is 0 Å². The third kappa shape index (κ3) is 9.48. The summed E-state index contributed by atoms with van der Waals surface area (Å²) in [5.41, 5.74) is 1.69. The van der Waals surface area contributed by atoms with Gasteiger partial charge in [-0.15, -0.1) is 24.0 Å². The molecule has 0 aliphatic carbocycles. The van der Waals surface area contributed by atoms with Crippen LogP contribution in [0.15, 0.2) is 29.3 Å². The predicted octanol–water partition coefficient (Wildman–Crippen LogP) is 1.28. The molecular weight excluding hydrogens is 521 g/mol. The van der Waals surface area contributed by atoms with Crippen LogP contribution < -0.4 is 10.6 Å². The van der Waals surface area contributed by atoms with Gasteiger partial charge in [-0.1, -0.05) is 24.3 Å². The molecule has 1 unspecified atom stereocenters. The fourth-order valence-corrected chi connectivity index (χ4v) is 3.94. The Morgan fingerprint density at radius 2 is 1.59 bits per heavy atom. The molecule has 3 rings (SSSR count). The van der Waals surface area contributed by atoms with Gasteiger partial charge in [0.2, 0.25) is 0 Å². The van der Waals surface area contributed by atoms with Crippen molar-refractivity contribution in [2.45, 2.75) is 32.5 Å². The van der Waals surface area contributed by atoms with Crippen molar-refractivity contribution >= 4 is 29.9 Å². The smallest absolute Gasteiger partial charge is 0.191 e. The van der Waals surface area contributed by atoms with E-state index in [1.165, 1.54) is 11.1 Å². The van der Waals surface area contributed by atoms with E-state index in [0.29, 0.717) is 19.6 Å². The Hall–Kier alpha value is -0.980. The van der Waals surface area contributed by atoms with E-state index in [0.717, 1.165) is 71.7 Å². The van der Waals surface area contributed by atoms with Crippen LogP contribution in [0.2, 0.25) is 0 Å². The Balaban J connectivity index is 0.00000363. The van der Waals surface area contributed by atoms with E-state index in [1.54, 1.807) is 0 Å². The van der Waals surface area contributed by atoms with Gasteiger partial charge < -0.3 is 25.2 Å².